The van der Waals surface area contributed by atoms with Crippen molar-refractivity contribution in [2.24, 2.45) is 0 Å². The highest BCUT2D eigenvalue weighted by molar-refractivity contribution is 7.99. The zero-order chi connectivity index (χ0) is 16.4. The van der Waals surface area contributed by atoms with Gasteiger partial charge in [0.25, 0.3) is 0 Å². The number of hydrogen-bond acceptors (Lipinski definition) is 3. The van der Waals surface area contributed by atoms with Crippen LogP contribution in [0.25, 0.3) is 0 Å². The fourth-order valence-corrected chi connectivity index (χ4v) is 6.98. The summed E-state index contributed by atoms with van der Waals surface area (Å²) in [5, 5.41) is 12.7. The topological polar surface area (TPSA) is 49.3 Å². The SMILES string of the molecule is CC[Si](CC)(CC)CCNCCSc1ccccc1C(=O)O. The minimum Gasteiger partial charge on any atom is -0.478 e. The van der Waals surface area contributed by atoms with E-state index in [0.717, 1.165) is 23.7 Å². The molecule has 0 aliphatic rings. The number of carboxylic acid groups (broad SMARTS) is 1. The Morgan fingerprint density at radius 2 is 1.77 bits per heavy atom. The highest BCUT2D eigenvalue weighted by atomic mass is 32.2. The van der Waals surface area contributed by atoms with E-state index >= 15 is 0 Å². The molecule has 0 fully saturated rings. The Morgan fingerprint density at radius 3 is 2.36 bits per heavy atom. The molecular formula is C17H29NO2SSi. The first-order chi connectivity index (χ1) is 10.6. The summed E-state index contributed by atoms with van der Waals surface area (Å²) < 4.78 is 0. The van der Waals surface area contributed by atoms with Crippen LogP contribution in [0.5, 0.6) is 0 Å². The Kier molecular flexibility index (Phi) is 8.83. The number of nitrogens with one attached hydrogen (secondary N) is 1. The molecule has 0 atom stereocenters. The quantitative estimate of drug-likeness (QED) is 0.352. The zero-order valence-corrected chi connectivity index (χ0v) is 15.8. The van der Waals surface area contributed by atoms with E-state index in [2.05, 4.69) is 26.1 Å². The Bertz CT molecular complexity index is 455. The molecule has 2 N–H and O–H groups in total. The van der Waals surface area contributed by atoms with Crippen molar-refractivity contribution in [3.8, 4) is 0 Å². The second kappa shape index (κ2) is 10.1. The molecule has 0 aromatic heterocycles. The number of hydrogen-bond donors (Lipinski definition) is 2. The van der Waals surface area contributed by atoms with Crippen molar-refractivity contribution in [2.75, 3.05) is 18.8 Å². The lowest BCUT2D eigenvalue weighted by atomic mass is 10.2. The second-order valence-corrected chi connectivity index (χ2v) is 12.5. The van der Waals surface area contributed by atoms with E-state index in [9.17, 15) is 4.79 Å². The molecule has 0 saturated carbocycles. The predicted octanol–water partition coefficient (Wildman–Crippen LogP) is 4.58. The van der Waals surface area contributed by atoms with E-state index in [1.807, 2.05) is 12.1 Å². The molecule has 22 heavy (non-hydrogen) atoms. The summed E-state index contributed by atoms with van der Waals surface area (Å²) in [5.41, 5.74) is 0.405. The van der Waals surface area contributed by atoms with E-state index in [0.29, 0.717) is 5.56 Å². The fraction of sp³-hybridized carbons (Fsp3) is 0.588. The van der Waals surface area contributed by atoms with E-state index in [-0.39, 0.29) is 0 Å². The van der Waals surface area contributed by atoms with Gasteiger partial charge in [0, 0.05) is 17.2 Å². The van der Waals surface area contributed by atoms with Gasteiger partial charge in [0.1, 0.15) is 0 Å². The number of aromatic carboxylic acids is 1. The van der Waals surface area contributed by atoms with Crippen molar-refractivity contribution in [3.05, 3.63) is 29.8 Å². The van der Waals surface area contributed by atoms with Crippen LogP contribution in [-0.4, -0.2) is 38.0 Å². The Morgan fingerprint density at radius 1 is 1.14 bits per heavy atom. The van der Waals surface area contributed by atoms with Crippen molar-refractivity contribution in [3.63, 3.8) is 0 Å². The first-order valence-electron chi connectivity index (χ1n) is 8.24. The molecule has 0 unspecified atom stereocenters. The number of rotatable bonds is 11. The molecule has 1 aromatic carbocycles. The molecule has 0 heterocycles. The third-order valence-electron chi connectivity index (χ3n) is 4.74. The van der Waals surface area contributed by atoms with Gasteiger partial charge in [0.05, 0.1) is 13.6 Å². The van der Waals surface area contributed by atoms with Crippen molar-refractivity contribution in [1.29, 1.82) is 0 Å². The van der Waals surface area contributed by atoms with Gasteiger partial charge in [-0.15, -0.1) is 11.8 Å². The van der Waals surface area contributed by atoms with Crippen LogP contribution < -0.4 is 5.32 Å². The molecule has 0 aliphatic carbocycles. The van der Waals surface area contributed by atoms with Crippen molar-refractivity contribution < 1.29 is 9.90 Å². The third kappa shape index (κ3) is 5.78. The lowest BCUT2D eigenvalue weighted by molar-refractivity contribution is 0.0693. The molecule has 124 valence electrons. The molecule has 0 amide bonds. The largest absolute Gasteiger partial charge is 0.478 e. The highest BCUT2D eigenvalue weighted by Crippen LogP contribution is 2.24. The predicted molar refractivity (Wildman–Crippen MR) is 99.0 cm³/mol. The van der Waals surface area contributed by atoms with Gasteiger partial charge >= 0.3 is 5.97 Å². The van der Waals surface area contributed by atoms with Gasteiger partial charge in [-0.25, -0.2) is 4.79 Å². The zero-order valence-electron chi connectivity index (χ0n) is 14.0. The Balaban J connectivity index is 2.31. The van der Waals surface area contributed by atoms with Crippen LogP contribution in [0.2, 0.25) is 24.2 Å². The summed E-state index contributed by atoms with van der Waals surface area (Å²) >= 11 is 1.62. The molecule has 0 spiro atoms. The molecule has 0 saturated heterocycles. The second-order valence-electron chi connectivity index (χ2n) is 5.71. The Labute approximate surface area is 139 Å². The van der Waals surface area contributed by atoms with Crippen LogP contribution in [0.1, 0.15) is 31.1 Å². The van der Waals surface area contributed by atoms with Crippen LogP contribution >= 0.6 is 11.8 Å². The smallest absolute Gasteiger partial charge is 0.336 e. The van der Waals surface area contributed by atoms with Gasteiger partial charge in [0.2, 0.25) is 0 Å². The first-order valence-corrected chi connectivity index (χ1v) is 12.1. The molecule has 5 heteroatoms. The summed E-state index contributed by atoms with van der Waals surface area (Å²) in [6.07, 6.45) is 0. The highest BCUT2D eigenvalue weighted by Gasteiger charge is 2.25. The summed E-state index contributed by atoms with van der Waals surface area (Å²) in [6, 6.07) is 12.7. The summed E-state index contributed by atoms with van der Waals surface area (Å²) in [5.74, 6) is 0.0594. The molecule has 3 nitrogen and oxygen atoms in total. The monoisotopic (exact) mass is 339 g/mol. The fourth-order valence-electron chi connectivity index (χ4n) is 2.76. The van der Waals surface area contributed by atoms with Gasteiger partial charge in [-0.1, -0.05) is 51.0 Å². The minimum absolute atomic E-state index is 0.405. The van der Waals surface area contributed by atoms with Crippen LogP contribution in [0.15, 0.2) is 29.2 Å². The van der Waals surface area contributed by atoms with E-state index in [4.69, 9.17) is 5.11 Å². The van der Waals surface area contributed by atoms with Crippen LogP contribution in [0.3, 0.4) is 0 Å². The molecule has 1 rings (SSSR count). The lowest BCUT2D eigenvalue weighted by Crippen LogP contribution is -2.35. The van der Waals surface area contributed by atoms with Gasteiger partial charge in [-0.2, -0.15) is 0 Å². The maximum atomic E-state index is 11.1. The van der Waals surface area contributed by atoms with Gasteiger partial charge < -0.3 is 10.4 Å². The van der Waals surface area contributed by atoms with E-state index in [1.165, 1.54) is 24.2 Å². The first kappa shape index (κ1) is 19.3. The normalized spacial score (nSPS) is 11.6. The average Bonchev–Trinajstić information content (AvgIpc) is 2.55. The van der Waals surface area contributed by atoms with Crippen LogP contribution in [0, 0.1) is 0 Å². The molecule has 0 bridgehead atoms. The number of thioether (sulfide) groups is 1. The van der Waals surface area contributed by atoms with Gasteiger partial charge in [0.15, 0.2) is 0 Å². The van der Waals surface area contributed by atoms with Crippen molar-refractivity contribution in [1.82, 2.24) is 5.32 Å². The maximum Gasteiger partial charge on any atom is 0.336 e. The maximum absolute atomic E-state index is 11.1. The van der Waals surface area contributed by atoms with Crippen LogP contribution in [0.4, 0.5) is 0 Å². The summed E-state index contributed by atoms with van der Waals surface area (Å²) in [7, 11) is -1.01. The standard InChI is InChI=1S/C17H29NO2SSi/c1-4-22(5-2,6-3)14-12-18-11-13-21-16-10-8-7-9-15(16)17(19)20/h7-10,18H,4-6,11-14H2,1-3H3,(H,19,20). The average molecular weight is 340 g/mol. The molecule has 1 aromatic rings. The molecular weight excluding hydrogens is 310 g/mol. The van der Waals surface area contributed by atoms with E-state index < -0.39 is 14.0 Å². The molecule has 0 aliphatic heterocycles. The number of benzene rings is 1. The minimum atomic E-state index is -1.01. The van der Waals surface area contributed by atoms with Gasteiger partial charge in [-0.3, -0.25) is 0 Å². The van der Waals surface area contributed by atoms with Crippen molar-refractivity contribution in [2.45, 2.75) is 49.8 Å². The number of carbonyl (C=O) groups is 1. The number of carboxylic acids is 1. The molecule has 0 radical (unpaired) electrons. The Hall–Kier alpha value is -0.783. The lowest BCUT2D eigenvalue weighted by Gasteiger charge is -2.28. The summed E-state index contributed by atoms with van der Waals surface area (Å²) in [6.45, 7) is 9.07. The van der Waals surface area contributed by atoms with Gasteiger partial charge in [-0.05, 0) is 24.7 Å². The third-order valence-corrected chi connectivity index (χ3v) is 11.6. The van der Waals surface area contributed by atoms with Crippen molar-refractivity contribution >= 4 is 25.8 Å². The van der Waals surface area contributed by atoms with Crippen LogP contribution in [-0.2, 0) is 0 Å². The van der Waals surface area contributed by atoms with E-state index in [1.54, 1.807) is 23.9 Å². The summed E-state index contributed by atoms with van der Waals surface area (Å²) in [4.78, 5) is 12.0.